The first-order valence-corrected chi connectivity index (χ1v) is 7.52. The first-order valence-electron chi connectivity index (χ1n) is 7.52. The molecule has 0 atom stereocenters. The molecule has 0 saturated heterocycles. The van der Waals surface area contributed by atoms with Gasteiger partial charge in [-0.25, -0.2) is 4.79 Å². The number of Topliss-reactive ketones (excluding diaryl/α,β-unsaturated/α-hetero) is 1. The van der Waals surface area contributed by atoms with Crippen LogP contribution in [0.25, 0.3) is 0 Å². The van der Waals surface area contributed by atoms with Gasteiger partial charge in [0.2, 0.25) is 0 Å². The molecule has 2 aromatic rings. The lowest BCUT2D eigenvalue weighted by Gasteiger charge is -2.06. The van der Waals surface area contributed by atoms with E-state index in [0.717, 1.165) is 4.68 Å². The number of hydrogen-bond donors (Lipinski definition) is 1. The second kappa shape index (κ2) is 7.54. The SMILES string of the molecule is CC(=O)c1ccc(NC(=O)c2ccn(C(=O)OCC(C)C)n2)cc1. The van der Waals surface area contributed by atoms with Crippen molar-refractivity contribution < 1.29 is 19.1 Å². The normalized spacial score (nSPS) is 10.5. The Balaban J connectivity index is 2.00. The summed E-state index contributed by atoms with van der Waals surface area (Å²) < 4.78 is 6.02. The first-order chi connectivity index (χ1) is 11.4. The molecule has 0 spiro atoms. The minimum atomic E-state index is -0.631. The fourth-order valence-corrected chi connectivity index (χ4v) is 1.83. The predicted octanol–water partition coefficient (Wildman–Crippen LogP) is 2.98. The van der Waals surface area contributed by atoms with Gasteiger partial charge in [0, 0.05) is 17.4 Å². The zero-order valence-electron chi connectivity index (χ0n) is 13.8. The number of rotatable bonds is 5. The minimum Gasteiger partial charge on any atom is -0.448 e. The summed E-state index contributed by atoms with van der Waals surface area (Å²) >= 11 is 0. The van der Waals surface area contributed by atoms with Crippen molar-refractivity contribution in [1.82, 2.24) is 9.78 Å². The van der Waals surface area contributed by atoms with E-state index in [1.807, 2.05) is 13.8 Å². The maximum absolute atomic E-state index is 12.1. The van der Waals surface area contributed by atoms with Crippen LogP contribution in [0.2, 0.25) is 0 Å². The van der Waals surface area contributed by atoms with Crippen molar-refractivity contribution in [2.45, 2.75) is 20.8 Å². The van der Waals surface area contributed by atoms with E-state index in [2.05, 4.69) is 10.4 Å². The van der Waals surface area contributed by atoms with E-state index in [9.17, 15) is 14.4 Å². The molecule has 1 amide bonds. The highest BCUT2D eigenvalue weighted by atomic mass is 16.6. The summed E-state index contributed by atoms with van der Waals surface area (Å²) in [5, 5.41) is 6.55. The smallest absolute Gasteiger partial charge is 0.434 e. The summed E-state index contributed by atoms with van der Waals surface area (Å²) in [4.78, 5) is 35.1. The molecular weight excluding hydrogens is 310 g/mol. The number of ether oxygens (including phenoxy) is 1. The fraction of sp³-hybridized carbons (Fsp3) is 0.294. The molecule has 0 saturated carbocycles. The van der Waals surface area contributed by atoms with E-state index in [0.29, 0.717) is 11.3 Å². The lowest BCUT2D eigenvalue weighted by Crippen LogP contribution is -2.19. The molecule has 1 aromatic carbocycles. The lowest BCUT2D eigenvalue weighted by atomic mass is 10.1. The highest BCUT2D eigenvalue weighted by molar-refractivity contribution is 6.03. The third kappa shape index (κ3) is 4.52. The Morgan fingerprint density at radius 2 is 1.83 bits per heavy atom. The van der Waals surface area contributed by atoms with E-state index in [1.165, 1.54) is 19.2 Å². The molecule has 0 radical (unpaired) electrons. The van der Waals surface area contributed by atoms with Crippen LogP contribution in [0.1, 0.15) is 41.6 Å². The van der Waals surface area contributed by atoms with Gasteiger partial charge in [-0.1, -0.05) is 13.8 Å². The zero-order chi connectivity index (χ0) is 17.7. The van der Waals surface area contributed by atoms with E-state index in [4.69, 9.17) is 4.74 Å². The van der Waals surface area contributed by atoms with Crippen LogP contribution in [0, 0.1) is 5.92 Å². The third-order valence-corrected chi connectivity index (χ3v) is 3.10. The first kappa shape index (κ1) is 17.4. The molecule has 0 unspecified atom stereocenters. The molecule has 24 heavy (non-hydrogen) atoms. The van der Waals surface area contributed by atoms with E-state index in [-0.39, 0.29) is 24.0 Å². The monoisotopic (exact) mass is 329 g/mol. The quantitative estimate of drug-likeness (QED) is 0.852. The van der Waals surface area contributed by atoms with Gasteiger partial charge >= 0.3 is 6.09 Å². The second-order valence-corrected chi connectivity index (χ2v) is 5.70. The Bertz CT molecular complexity index is 747. The molecule has 0 aliphatic carbocycles. The maximum atomic E-state index is 12.1. The number of amides is 1. The number of benzene rings is 1. The summed E-state index contributed by atoms with van der Waals surface area (Å²) in [6.07, 6.45) is 0.740. The largest absolute Gasteiger partial charge is 0.448 e. The number of aromatic nitrogens is 2. The van der Waals surface area contributed by atoms with Crippen molar-refractivity contribution in [3.63, 3.8) is 0 Å². The minimum absolute atomic E-state index is 0.0495. The van der Waals surface area contributed by atoms with Gasteiger partial charge in [-0.2, -0.15) is 9.78 Å². The summed E-state index contributed by atoms with van der Waals surface area (Å²) in [6, 6.07) is 7.93. The number of nitrogens with one attached hydrogen (secondary N) is 1. The number of carbonyl (C=O) groups excluding carboxylic acids is 3. The average Bonchev–Trinajstić information content (AvgIpc) is 3.03. The topological polar surface area (TPSA) is 90.3 Å². The van der Waals surface area contributed by atoms with Gasteiger partial charge in [-0.05, 0) is 43.2 Å². The zero-order valence-corrected chi connectivity index (χ0v) is 13.8. The van der Waals surface area contributed by atoms with Gasteiger partial charge in [-0.15, -0.1) is 0 Å². The molecule has 1 heterocycles. The van der Waals surface area contributed by atoms with Gasteiger partial charge < -0.3 is 10.1 Å². The lowest BCUT2D eigenvalue weighted by molar-refractivity contribution is 0.101. The molecule has 7 heteroatoms. The van der Waals surface area contributed by atoms with Crippen LogP contribution in [0.4, 0.5) is 10.5 Å². The Hall–Kier alpha value is -2.96. The van der Waals surface area contributed by atoms with Crippen LogP contribution in [0.3, 0.4) is 0 Å². The number of ketones is 1. The molecule has 2 rings (SSSR count). The molecule has 126 valence electrons. The van der Waals surface area contributed by atoms with Crippen molar-refractivity contribution in [3.05, 3.63) is 47.8 Å². The highest BCUT2D eigenvalue weighted by Gasteiger charge is 2.14. The van der Waals surface area contributed by atoms with Crippen molar-refractivity contribution >= 4 is 23.5 Å². The van der Waals surface area contributed by atoms with Crippen LogP contribution in [-0.2, 0) is 4.74 Å². The van der Waals surface area contributed by atoms with Crippen LogP contribution < -0.4 is 5.32 Å². The van der Waals surface area contributed by atoms with Gasteiger partial charge in [0.15, 0.2) is 11.5 Å². The molecule has 1 aromatic heterocycles. The van der Waals surface area contributed by atoms with E-state index in [1.54, 1.807) is 24.3 Å². The molecular formula is C17H19N3O4. The molecule has 1 N–H and O–H groups in total. The Morgan fingerprint density at radius 1 is 1.17 bits per heavy atom. The Kier molecular flexibility index (Phi) is 5.47. The van der Waals surface area contributed by atoms with Crippen LogP contribution in [0.5, 0.6) is 0 Å². The van der Waals surface area contributed by atoms with Crippen LogP contribution in [-0.4, -0.2) is 34.2 Å². The van der Waals surface area contributed by atoms with Crippen LogP contribution >= 0.6 is 0 Å². The second-order valence-electron chi connectivity index (χ2n) is 5.70. The van der Waals surface area contributed by atoms with Crippen molar-refractivity contribution in [1.29, 1.82) is 0 Å². The van der Waals surface area contributed by atoms with Gasteiger partial charge in [-0.3, -0.25) is 9.59 Å². The summed E-state index contributed by atoms with van der Waals surface area (Å²) in [7, 11) is 0. The average molecular weight is 329 g/mol. The molecule has 0 bridgehead atoms. The van der Waals surface area contributed by atoms with Gasteiger partial charge in [0.1, 0.15) is 0 Å². The van der Waals surface area contributed by atoms with Crippen LogP contribution in [0.15, 0.2) is 36.5 Å². The molecule has 0 fully saturated rings. The number of hydrogen-bond acceptors (Lipinski definition) is 5. The Labute approximate surface area is 139 Å². The van der Waals surface area contributed by atoms with Crippen molar-refractivity contribution in [2.24, 2.45) is 5.92 Å². The highest BCUT2D eigenvalue weighted by Crippen LogP contribution is 2.11. The maximum Gasteiger partial charge on any atom is 0.434 e. The molecule has 0 aliphatic rings. The third-order valence-electron chi connectivity index (χ3n) is 3.10. The van der Waals surface area contributed by atoms with E-state index < -0.39 is 12.0 Å². The summed E-state index contributed by atoms with van der Waals surface area (Å²) in [5.41, 5.74) is 1.18. The number of nitrogens with zero attached hydrogens (tertiary/aromatic N) is 2. The fourth-order valence-electron chi connectivity index (χ4n) is 1.83. The standard InChI is InChI=1S/C17H19N3O4/c1-11(2)10-24-17(23)20-9-8-15(19-20)16(22)18-14-6-4-13(5-7-14)12(3)21/h4-9,11H,10H2,1-3H3,(H,18,22). The van der Waals surface area contributed by atoms with Crippen molar-refractivity contribution in [3.8, 4) is 0 Å². The number of carbonyl (C=O) groups is 3. The van der Waals surface area contributed by atoms with Crippen molar-refractivity contribution in [2.75, 3.05) is 11.9 Å². The summed E-state index contributed by atoms with van der Waals surface area (Å²) in [5.74, 6) is -0.294. The van der Waals surface area contributed by atoms with Gasteiger partial charge in [0.05, 0.1) is 6.61 Å². The number of anilines is 1. The molecule has 0 aliphatic heterocycles. The summed E-state index contributed by atoms with van der Waals surface area (Å²) in [6.45, 7) is 5.60. The molecule has 7 nitrogen and oxygen atoms in total. The predicted molar refractivity (Wildman–Crippen MR) is 88.2 cm³/mol. The van der Waals surface area contributed by atoms with E-state index >= 15 is 0 Å². The Morgan fingerprint density at radius 3 is 2.42 bits per heavy atom. The van der Waals surface area contributed by atoms with Gasteiger partial charge in [0.25, 0.3) is 5.91 Å².